The molecule has 0 atom stereocenters. The Morgan fingerprint density at radius 2 is 2.29 bits per heavy atom. The van der Waals surface area contributed by atoms with Crippen LogP contribution in [0.4, 0.5) is 8.78 Å². The minimum absolute atomic E-state index is 0.0988. The van der Waals surface area contributed by atoms with Crippen LogP contribution in [0.25, 0.3) is 0 Å². The topological polar surface area (TPSA) is 59.4 Å². The van der Waals surface area contributed by atoms with Crippen molar-refractivity contribution in [3.63, 3.8) is 0 Å². The lowest BCUT2D eigenvalue weighted by Crippen LogP contribution is -2.09. The van der Waals surface area contributed by atoms with E-state index >= 15 is 0 Å². The smallest absolute Gasteiger partial charge is 0.356 e. The van der Waals surface area contributed by atoms with Gasteiger partial charge in [0.25, 0.3) is 6.43 Å². The maximum Gasteiger partial charge on any atom is 0.356 e. The lowest BCUT2D eigenvalue weighted by atomic mass is 10.1. The van der Waals surface area contributed by atoms with Gasteiger partial charge in [-0.2, -0.15) is 0 Å². The number of carbonyl (C=O) groups excluding carboxylic acids is 1. The Labute approximate surface area is 101 Å². The van der Waals surface area contributed by atoms with Crippen LogP contribution in [0.5, 0.6) is 5.75 Å². The molecular weight excluding hydrogens is 256 g/mol. The standard InChI is InChI=1S/C10H10ClF2NO3/c1-2-17-10(16)6-3-5(9(12)13)8(15)7(4-11)14-6/h3,9,15H,2,4H2,1H3. The fourth-order valence-electron chi connectivity index (χ4n) is 1.18. The van der Waals surface area contributed by atoms with Crippen LogP contribution in [-0.4, -0.2) is 22.7 Å². The zero-order valence-electron chi connectivity index (χ0n) is 8.91. The van der Waals surface area contributed by atoms with Crippen molar-refractivity contribution in [2.75, 3.05) is 6.61 Å². The molecule has 17 heavy (non-hydrogen) atoms. The average Bonchev–Trinajstić information content (AvgIpc) is 2.29. The maximum atomic E-state index is 12.6. The zero-order valence-corrected chi connectivity index (χ0v) is 9.67. The van der Waals surface area contributed by atoms with Crippen LogP contribution in [0.3, 0.4) is 0 Å². The Balaban J connectivity index is 3.25. The van der Waals surface area contributed by atoms with E-state index in [0.29, 0.717) is 0 Å². The number of aromatic hydroxyl groups is 1. The molecule has 1 aromatic rings. The fourth-order valence-corrected chi connectivity index (χ4v) is 1.37. The molecule has 0 aliphatic rings. The predicted molar refractivity (Wildman–Crippen MR) is 56.4 cm³/mol. The van der Waals surface area contributed by atoms with Crippen molar-refractivity contribution < 1.29 is 23.4 Å². The number of hydrogen-bond acceptors (Lipinski definition) is 4. The normalized spacial score (nSPS) is 10.6. The summed E-state index contributed by atoms with van der Waals surface area (Å²) < 4.78 is 29.8. The molecule has 0 spiro atoms. The highest BCUT2D eigenvalue weighted by molar-refractivity contribution is 6.17. The van der Waals surface area contributed by atoms with Crippen molar-refractivity contribution in [2.24, 2.45) is 0 Å². The number of rotatable bonds is 4. The molecule has 94 valence electrons. The Bertz CT molecular complexity index is 426. The van der Waals surface area contributed by atoms with Crippen molar-refractivity contribution >= 4 is 17.6 Å². The Kier molecular flexibility index (Phi) is 4.62. The third-order valence-corrected chi connectivity index (χ3v) is 2.19. The van der Waals surface area contributed by atoms with Gasteiger partial charge in [-0.15, -0.1) is 11.6 Å². The van der Waals surface area contributed by atoms with Crippen molar-refractivity contribution in [3.8, 4) is 5.75 Å². The molecule has 1 heterocycles. The SMILES string of the molecule is CCOC(=O)c1cc(C(F)F)c(O)c(CCl)n1. The number of nitrogens with zero attached hydrogens (tertiary/aromatic N) is 1. The van der Waals surface area contributed by atoms with Crippen LogP contribution in [0, 0.1) is 0 Å². The van der Waals surface area contributed by atoms with E-state index in [1.54, 1.807) is 6.92 Å². The maximum absolute atomic E-state index is 12.6. The summed E-state index contributed by atoms with van der Waals surface area (Å²) >= 11 is 5.44. The molecule has 0 saturated heterocycles. The minimum atomic E-state index is -2.92. The van der Waals surface area contributed by atoms with Gasteiger partial charge in [-0.1, -0.05) is 0 Å². The monoisotopic (exact) mass is 265 g/mol. The van der Waals surface area contributed by atoms with Crippen molar-refractivity contribution in [1.82, 2.24) is 4.98 Å². The molecule has 0 saturated carbocycles. The van der Waals surface area contributed by atoms with Crippen LogP contribution in [-0.2, 0) is 10.6 Å². The average molecular weight is 266 g/mol. The van der Waals surface area contributed by atoms with Crippen LogP contribution in [0.2, 0.25) is 0 Å². The first-order chi connectivity index (χ1) is 8.01. The van der Waals surface area contributed by atoms with E-state index < -0.39 is 23.7 Å². The van der Waals surface area contributed by atoms with Crippen LogP contribution < -0.4 is 0 Å². The third-order valence-electron chi connectivity index (χ3n) is 1.94. The summed E-state index contributed by atoms with van der Waals surface area (Å²) in [6.07, 6.45) is -2.92. The molecular formula is C10H10ClF2NO3. The molecule has 1 aromatic heterocycles. The quantitative estimate of drug-likeness (QED) is 0.672. The number of halogens is 3. The van der Waals surface area contributed by atoms with E-state index in [0.717, 1.165) is 6.07 Å². The van der Waals surface area contributed by atoms with E-state index in [9.17, 15) is 18.7 Å². The van der Waals surface area contributed by atoms with Gasteiger partial charge in [-0.25, -0.2) is 18.6 Å². The van der Waals surface area contributed by atoms with Crippen LogP contribution in [0.1, 0.15) is 35.1 Å². The summed E-state index contributed by atoms with van der Waals surface area (Å²) in [6, 6.07) is 0.800. The molecule has 1 N–H and O–H groups in total. The lowest BCUT2D eigenvalue weighted by molar-refractivity contribution is 0.0518. The van der Waals surface area contributed by atoms with Gasteiger partial charge in [0.15, 0.2) is 0 Å². The molecule has 0 amide bonds. The molecule has 0 unspecified atom stereocenters. The van der Waals surface area contributed by atoms with Crippen LogP contribution in [0.15, 0.2) is 6.07 Å². The first-order valence-electron chi connectivity index (χ1n) is 4.75. The largest absolute Gasteiger partial charge is 0.505 e. The van der Waals surface area contributed by atoms with Crippen LogP contribution >= 0.6 is 11.6 Å². The van der Waals surface area contributed by atoms with Gasteiger partial charge >= 0.3 is 5.97 Å². The summed E-state index contributed by atoms with van der Waals surface area (Å²) in [6.45, 7) is 1.68. The van der Waals surface area contributed by atoms with Gasteiger partial charge in [0.1, 0.15) is 11.4 Å². The van der Waals surface area contributed by atoms with E-state index in [-0.39, 0.29) is 23.9 Å². The number of hydrogen-bond donors (Lipinski definition) is 1. The Morgan fingerprint density at radius 1 is 1.65 bits per heavy atom. The molecule has 7 heteroatoms. The number of alkyl halides is 3. The predicted octanol–water partition coefficient (Wildman–Crippen LogP) is 2.64. The van der Waals surface area contributed by atoms with Crippen molar-refractivity contribution in [1.29, 1.82) is 0 Å². The molecule has 0 radical (unpaired) electrons. The summed E-state index contributed by atoms with van der Waals surface area (Å²) in [5.41, 5.74) is -1.15. The second-order valence-electron chi connectivity index (χ2n) is 3.05. The Morgan fingerprint density at radius 3 is 2.76 bits per heavy atom. The van der Waals surface area contributed by atoms with Crippen molar-refractivity contribution in [2.45, 2.75) is 19.2 Å². The summed E-state index contributed by atoms with van der Waals surface area (Å²) in [7, 11) is 0. The number of pyridine rings is 1. The molecule has 0 aliphatic heterocycles. The molecule has 4 nitrogen and oxygen atoms in total. The van der Waals surface area contributed by atoms with Gasteiger partial charge in [0, 0.05) is 0 Å². The van der Waals surface area contributed by atoms with Gasteiger partial charge in [-0.3, -0.25) is 0 Å². The second kappa shape index (κ2) is 5.77. The van der Waals surface area contributed by atoms with Gasteiger partial charge in [0.05, 0.1) is 23.7 Å². The van der Waals surface area contributed by atoms with Crippen molar-refractivity contribution in [3.05, 3.63) is 23.0 Å². The fraction of sp³-hybridized carbons (Fsp3) is 0.400. The van der Waals surface area contributed by atoms with E-state index in [4.69, 9.17) is 11.6 Å². The molecule has 0 fully saturated rings. The zero-order chi connectivity index (χ0) is 13.0. The molecule has 0 aliphatic carbocycles. The summed E-state index contributed by atoms with van der Waals surface area (Å²) in [5.74, 6) is -1.80. The minimum Gasteiger partial charge on any atom is -0.505 e. The van der Waals surface area contributed by atoms with E-state index in [1.807, 2.05) is 0 Å². The number of ether oxygens (including phenoxy) is 1. The Hall–Kier alpha value is -1.43. The third kappa shape index (κ3) is 3.03. The highest BCUT2D eigenvalue weighted by atomic mass is 35.5. The van der Waals surface area contributed by atoms with Gasteiger partial charge in [0.2, 0.25) is 0 Å². The summed E-state index contributed by atoms with van der Waals surface area (Å²) in [5, 5.41) is 9.42. The first-order valence-corrected chi connectivity index (χ1v) is 5.28. The number of esters is 1. The lowest BCUT2D eigenvalue weighted by Gasteiger charge is -2.09. The van der Waals surface area contributed by atoms with Gasteiger partial charge in [-0.05, 0) is 13.0 Å². The van der Waals surface area contributed by atoms with E-state index in [1.165, 1.54) is 0 Å². The number of carbonyl (C=O) groups is 1. The molecule has 1 rings (SSSR count). The molecule has 0 bridgehead atoms. The number of aromatic nitrogens is 1. The highest BCUT2D eigenvalue weighted by Crippen LogP contribution is 2.31. The second-order valence-corrected chi connectivity index (χ2v) is 3.31. The highest BCUT2D eigenvalue weighted by Gasteiger charge is 2.21. The first kappa shape index (κ1) is 13.6. The molecule has 0 aromatic carbocycles. The summed E-state index contributed by atoms with van der Waals surface area (Å²) in [4.78, 5) is 15.0. The van der Waals surface area contributed by atoms with E-state index in [2.05, 4.69) is 9.72 Å². The van der Waals surface area contributed by atoms with Gasteiger partial charge < -0.3 is 9.84 Å².